The fourth-order valence-corrected chi connectivity index (χ4v) is 3.29. The summed E-state index contributed by atoms with van der Waals surface area (Å²) in [5.41, 5.74) is 0. The van der Waals surface area contributed by atoms with Crippen LogP contribution in [0.25, 0.3) is 0 Å². The number of amides is 1. The average Bonchev–Trinajstić information content (AvgIpc) is 2.27. The summed E-state index contributed by atoms with van der Waals surface area (Å²) in [6, 6.07) is 0.537. The number of likely N-dealkylation sites (tertiary alicyclic amines) is 1. The second-order valence-electron chi connectivity index (χ2n) is 4.96. The van der Waals surface area contributed by atoms with Gasteiger partial charge in [0.1, 0.15) is 0 Å². The van der Waals surface area contributed by atoms with Gasteiger partial charge in [0.15, 0.2) is 0 Å². The number of piperidine rings is 1. The average molecular weight is 227 g/mol. The van der Waals surface area contributed by atoms with Crippen molar-refractivity contribution in [3.05, 3.63) is 0 Å². The molecule has 0 spiro atoms. The van der Waals surface area contributed by atoms with Crippen molar-refractivity contribution in [2.24, 2.45) is 5.92 Å². The molecule has 2 aliphatic rings. The Labute approximate surface area is 97.8 Å². The molecule has 0 aromatic carbocycles. The quantitative estimate of drug-likeness (QED) is 0.682. The molecule has 15 heavy (non-hydrogen) atoms. The molecule has 1 aliphatic carbocycles. The second-order valence-corrected chi connectivity index (χ2v) is 5.74. The molecule has 2 rings (SSSR count). The lowest BCUT2D eigenvalue weighted by molar-refractivity contribution is -0.136. The molecule has 0 bridgehead atoms. The van der Waals surface area contributed by atoms with Gasteiger partial charge in [0.25, 0.3) is 0 Å². The Morgan fingerprint density at radius 2 is 1.93 bits per heavy atom. The third-order valence-corrected chi connectivity index (χ3v) is 4.10. The van der Waals surface area contributed by atoms with Gasteiger partial charge < -0.3 is 4.90 Å². The summed E-state index contributed by atoms with van der Waals surface area (Å²) >= 11 is 4.27. The van der Waals surface area contributed by atoms with Crippen LogP contribution in [0.3, 0.4) is 0 Å². The third kappa shape index (κ3) is 2.32. The van der Waals surface area contributed by atoms with Crippen molar-refractivity contribution < 1.29 is 4.79 Å². The number of hydrogen-bond acceptors (Lipinski definition) is 2. The lowest BCUT2D eigenvalue weighted by Crippen LogP contribution is -2.51. The lowest BCUT2D eigenvalue weighted by atomic mass is 9.78. The minimum atomic E-state index is -0.134. The van der Waals surface area contributed by atoms with E-state index in [1.54, 1.807) is 0 Å². The molecule has 86 valence electrons. The van der Waals surface area contributed by atoms with E-state index in [1.165, 1.54) is 38.5 Å². The molecule has 0 aromatic heterocycles. The zero-order valence-electron chi connectivity index (χ0n) is 9.48. The maximum absolute atomic E-state index is 12.0. The molecule has 0 N–H and O–H groups in total. The Morgan fingerprint density at radius 3 is 2.67 bits per heavy atom. The predicted molar refractivity (Wildman–Crippen MR) is 65.1 cm³/mol. The Kier molecular flexibility index (Phi) is 3.60. The van der Waals surface area contributed by atoms with E-state index < -0.39 is 0 Å². The van der Waals surface area contributed by atoms with Crippen LogP contribution < -0.4 is 0 Å². The fourth-order valence-electron chi connectivity index (χ4n) is 3.14. The molecule has 1 aliphatic heterocycles. The number of nitrogens with zero attached hydrogens (tertiary/aromatic N) is 1. The van der Waals surface area contributed by atoms with Gasteiger partial charge in [0.05, 0.1) is 5.25 Å². The maximum atomic E-state index is 12.0. The normalized spacial score (nSPS) is 33.3. The van der Waals surface area contributed by atoms with E-state index in [9.17, 15) is 4.79 Å². The van der Waals surface area contributed by atoms with Gasteiger partial charge >= 0.3 is 0 Å². The van der Waals surface area contributed by atoms with Crippen LogP contribution in [0.2, 0.25) is 0 Å². The SMILES string of the molecule is CC(S)C(=O)N1CCCC2CCCCC21. The summed E-state index contributed by atoms with van der Waals surface area (Å²) in [4.78, 5) is 14.1. The van der Waals surface area contributed by atoms with Gasteiger partial charge in [-0.3, -0.25) is 4.79 Å². The van der Waals surface area contributed by atoms with Crippen molar-refractivity contribution in [2.75, 3.05) is 6.54 Å². The van der Waals surface area contributed by atoms with Gasteiger partial charge in [0, 0.05) is 12.6 Å². The van der Waals surface area contributed by atoms with Gasteiger partial charge in [-0.05, 0) is 38.5 Å². The van der Waals surface area contributed by atoms with E-state index in [0.717, 1.165) is 12.5 Å². The van der Waals surface area contributed by atoms with E-state index in [2.05, 4.69) is 17.5 Å². The molecule has 3 unspecified atom stereocenters. The summed E-state index contributed by atoms with van der Waals surface area (Å²) in [5.74, 6) is 1.03. The van der Waals surface area contributed by atoms with E-state index in [4.69, 9.17) is 0 Å². The Balaban J connectivity index is 2.06. The van der Waals surface area contributed by atoms with Crippen LogP contribution >= 0.6 is 12.6 Å². The predicted octanol–water partition coefficient (Wildman–Crippen LogP) is 2.49. The lowest BCUT2D eigenvalue weighted by Gasteiger charge is -2.44. The zero-order valence-corrected chi connectivity index (χ0v) is 10.4. The number of rotatable bonds is 1. The molecule has 1 saturated heterocycles. The van der Waals surface area contributed by atoms with Crippen molar-refractivity contribution in [2.45, 2.75) is 56.7 Å². The van der Waals surface area contributed by atoms with E-state index in [0.29, 0.717) is 6.04 Å². The standard InChI is InChI=1S/C12H21NOS/c1-9(15)12(14)13-8-4-6-10-5-2-3-7-11(10)13/h9-11,15H,2-8H2,1H3. The van der Waals surface area contributed by atoms with Gasteiger partial charge in [-0.25, -0.2) is 0 Å². The van der Waals surface area contributed by atoms with Crippen LogP contribution in [0.15, 0.2) is 0 Å². The Bertz CT molecular complexity index is 240. The van der Waals surface area contributed by atoms with Crippen molar-refractivity contribution in [3.8, 4) is 0 Å². The first-order chi connectivity index (χ1) is 7.20. The zero-order chi connectivity index (χ0) is 10.8. The van der Waals surface area contributed by atoms with Crippen LogP contribution in [-0.4, -0.2) is 28.6 Å². The first-order valence-electron chi connectivity index (χ1n) is 6.18. The Hall–Kier alpha value is -0.180. The highest BCUT2D eigenvalue weighted by molar-refractivity contribution is 7.81. The smallest absolute Gasteiger partial charge is 0.235 e. The molecule has 1 heterocycles. The first kappa shape index (κ1) is 11.3. The highest BCUT2D eigenvalue weighted by Gasteiger charge is 2.36. The topological polar surface area (TPSA) is 20.3 Å². The van der Waals surface area contributed by atoms with Gasteiger partial charge in [-0.15, -0.1) is 0 Å². The fraction of sp³-hybridized carbons (Fsp3) is 0.917. The molecule has 1 saturated carbocycles. The molecule has 1 amide bonds. The minimum absolute atomic E-state index is 0.134. The molecule has 0 aromatic rings. The molecule has 2 fully saturated rings. The maximum Gasteiger partial charge on any atom is 0.235 e. The van der Waals surface area contributed by atoms with E-state index in [1.807, 2.05) is 6.92 Å². The van der Waals surface area contributed by atoms with E-state index in [-0.39, 0.29) is 11.2 Å². The number of carbonyl (C=O) groups excluding carboxylic acids is 1. The summed E-state index contributed by atoms with van der Waals surface area (Å²) < 4.78 is 0. The first-order valence-corrected chi connectivity index (χ1v) is 6.70. The molecular formula is C12H21NOS. The second kappa shape index (κ2) is 4.77. The molecule has 2 nitrogen and oxygen atoms in total. The minimum Gasteiger partial charge on any atom is -0.338 e. The van der Waals surface area contributed by atoms with Crippen LogP contribution in [0.1, 0.15) is 45.4 Å². The van der Waals surface area contributed by atoms with Crippen LogP contribution in [0.4, 0.5) is 0 Å². The van der Waals surface area contributed by atoms with Crippen molar-refractivity contribution in [1.29, 1.82) is 0 Å². The van der Waals surface area contributed by atoms with Crippen molar-refractivity contribution in [1.82, 2.24) is 4.90 Å². The summed E-state index contributed by atoms with van der Waals surface area (Å²) in [7, 11) is 0. The van der Waals surface area contributed by atoms with Crippen molar-refractivity contribution in [3.63, 3.8) is 0 Å². The largest absolute Gasteiger partial charge is 0.338 e. The summed E-state index contributed by atoms with van der Waals surface area (Å²) in [6.45, 7) is 2.85. The van der Waals surface area contributed by atoms with Crippen molar-refractivity contribution >= 4 is 18.5 Å². The third-order valence-electron chi connectivity index (χ3n) is 3.88. The number of fused-ring (bicyclic) bond motifs is 1. The van der Waals surface area contributed by atoms with Crippen LogP contribution in [-0.2, 0) is 4.79 Å². The molecule has 0 radical (unpaired) electrons. The summed E-state index contributed by atoms with van der Waals surface area (Å²) in [5, 5.41) is -0.134. The summed E-state index contributed by atoms with van der Waals surface area (Å²) in [6.07, 6.45) is 7.72. The Morgan fingerprint density at radius 1 is 1.27 bits per heavy atom. The van der Waals surface area contributed by atoms with Gasteiger partial charge in [0.2, 0.25) is 5.91 Å². The molecule has 3 atom stereocenters. The number of thiol groups is 1. The monoisotopic (exact) mass is 227 g/mol. The van der Waals surface area contributed by atoms with Crippen LogP contribution in [0.5, 0.6) is 0 Å². The van der Waals surface area contributed by atoms with Gasteiger partial charge in [-0.1, -0.05) is 12.8 Å². The molecule has 3 heteroatoms. The highest BCUT2D eigenvalue weighted by Crippen LogP contribution is 2.35. The van der Waals surface area contributed by atoms with Gasteiger partial charge in [-0.2, -0.15) is 12.6 Å². The number of hydrogen-bond donors (Lipinski definition) is 1. The number of carbonyl (C=O) groups is 1. The highest BCUT2D eigenvalue weighted by atomic mass is 32.1. The van der Waals surface area contributed by atoms with Crippen LogP contribution in [0, 0.1) is 5.92 Å². The van der Waals surface area contributed by atoms with E-state index >= 15 is 0 Å². The molecular weight excluding hydrogens is 206 g/mol.